The summed E-state index contributed by atoms with van der Waals surface area (Å²) in [5.74, 6) is 0. The van der Waals surface area contributed by atoms with Crippen molar-refractivity contribution in [2.75, 3.05) is 17.2 Å². The van der Waals surface area contributed by atoms with Crippen LogP contribution in [0.3, 0.4) is 0 Å². The van der Waals surface area contributed by atoms with Crippen molar-refractivity contribution in [3.8, 4) is 0 Å². The Labute approximate surface area is 154 Å². The van der Waals surface area contributed by atoms with Gasteiger partial charge in [0, 0.05) is 0 Å². The molecule has 2 aromatic rings. The van der Waals surface area contributed by atoms with Crippen molar-refractivity contribution in [2.24, 2.45) is 0 Å². The van der Waals surface area contributed by atoms with E-state index in [1.54, 1.807) is 19.1 Å². The molecule has 1 atom stereocenters. The SMILES string of the molecule is CCOC(=O)Nc1ccc(CNc2ccc(Cl)c(Cl)c2)cc1[AsH2]. The zero-order chi connectivity index (χ0) is 16.8. The van der Waals surface area contributed by atoms with Crippen molar-refractivity contribution in [2.45, 2.75) is 13.5 Å². The minimum absolute atomic E-state index is 0.349. The van der Waals surface area contributed by atoms with E-state index in [-0.39, 0.29) is 0 Å². The summed E-state index contributed by atoms with van der Waals surface area (Å²) in [4.78, 5) is 11.5. The normalized spacial score (nSPS) is 10.3. The average molecular weight is 415 g/mol. The Morgan fingerprint density at radius 3 is 2.61 bits per heavy atom. The van der Waals surface area contributed by atoms with Crippen LogP contribution in [-0.4, -0.2) is 29.6 Å². The number of hydrogen-bond donors (Lipinski definition) is 2. The molecule has 2 rings (SSSR count). The molecular formula is C16H17AsCl2N2O2. The molecule has 23 heavy (non-hydrogen) atoms. The van der Waals surface area contributed by atoms with Gasteiger partial charge in [-0.2, -0.15) is 0 Å². The fourth-order valence-electron chi connectivity index (χ4n) is 1.92. The molecule has 0 saturated carbocycles. The Morgan fingerprint density at radius 2 is 1.96 bits per heavy atom. The third kappa shape index (κ3) is 5.35. The second-order valence-electron chi connectivity index (χ2n) is 4.75. The first kappa shape index (κ1) is 18.0. The number of nitrogens with one attached hydrogen (secondary N) is 2. The molecule has 2 aromatic carbocycles. The summed E-state index contributed by atoms with van der Waals surface area (Å²) in [5.41, 5.74) is 2.77. The number of carbonyl (C=O) groups is 1. The summed E-state index contributed by atoms with van der Waals surface area (Å²) >= 11 is 13.3. The number of benzene rings is 2. The fraction of sp³-hybridized carbons (Fsp3) is 0.188. The topological polar surface area (TPSA) is 50.4 Å². The van der Waals surface area contributed by atoms with Gasteiger partial charge in [0.25, 0.3) is 0 Å². The van der Waals surface area contributed by atoms with Gasteiger partial charge < -0.3 is 0 Å². The molecule has 0 aliphatic rings. The molecular weight excluding hydrogens is 398 g/mol. The van der Waals surface area contributed by atoms with E-state index in [9.17, 15) is 4.79 Å². The van der Waals surface area contributed by atoms with Gasteiger partial charge in [-0.3, -0.25) is 0 Å². The first-order chi connectivity index (χ1) is 11.0. The van der Waals surface area contributed by atoms with Gasteiger partial charge in [0.2, 0.25) is 0 Å². The molecule has 0 fully saturated rings. The summed E-state index contributed by atoms with van der Waals surface area (Å²) in [6, 6.07) is 11.3. The van der Waals surface area contributed by atoms with Crippen molar-refractivity contribution >= 4 is 61.9 Å². The second-order valence-corrected chi connectivity index (χ2v) is 6.87. The summed E-state index contributed by atoms with van der Waals surface area (Å²) in [6.07, 6.45) is -0.437. The number of carbonyl (C=O) groups excluding carboxylic acids is 1. The molecule has 0 aliphatic heterocycles. The van der Waals surface area contributed by atoms with Crippen LogP contribution in [0.5, 0.6) is 0 Å². The van der Waals surface area contributed by atoms with Crippen molar-refractivity contribution < 1.29 is 9.53 Å². The Morgan fingerprint density at radius 1 is 1.17 bits per heavy atom. The van der Waals surface area contributed by atoms with Crippen LogP contribution >= 0.6 is 23.2 Å². The molecule has 7 heteroatoms. The van der Waals surface area contributed by atoms with Crippen molar-refractivity contribution in [3.05, 3.63) is 52.0 Å². The molecule has 0 heterocycles. The van der Waals surface area contributed by atoms with Crippen molar-refractivity contribution in [1.29, 1.82) is 0 Å². The van der Waals surface area contributed by atoms with E-state index in [1.165, 1.54) is 16.9 Å². The van der Waals surface area contributed by atoms with E-state index in [4.69, 9.17) is 27.9 Å². The third-order valence-corrected chi connectivity index (χ3v) is 4.79. The molecule has 4 nitrogen and oxygen atoms in total. The molecule has 1 unspecified atom stereocenters. The molecule has 0 saturated heterocycles. The Bertz CT molecular complexity index is 710. The number of anilines is 2. The Hall–Kier alpha value is -1.35. The maximum atomic E-state index is 11.5. The third-order valence-electron chi connectivity index (χ3n) is 3.04. The van der Waals surface area contributed by atoms with Gasteiger partial charge in [0.05, 0.1) is 0 Å². The van der Waals surface area contributed by atoms with E-state index in [1.807, 2.05) is 24.3 Å². The fourth-order valence-corrected chi connectivity index (χ4v) is 3.02. The van der Waals surface area contributed by atoms with E-state index < -0.39 is 6.09 Å². The van der Waals surface area contributed by atoms with Crippen molar-refractivity contribution in [1.82, 2.24) is 0 Å². The van der Waals surface area contributed by atoms with E-state index >= 15 is 0 Å². The maximum absolute atomic E-state index is 11.5. The molecule has 2 N–H and O–H groups in total. The summed E-state index contributed by atoms with van der Waals surface area (Å²) in [6.45, 7) is 2.77. The van der Waals surface area contributed by atoms with Crippen LogP contribution in [0.25, 0.3) is 0 Å². The minimum atomic E-state index is -0.437. The van der Waals surface area contributed by atoms with Gasteiger partial charge in [-0.05, 0) is 0 Å². The summed E-state index contributed by atoms with van der Waals surface area (Å²) < 4.78 is 5.91. The van der Waals surface area contributed by atoms with Crippen LogP contribution in [0.1, 0.15) is 12.5 Å². The summed E-state index contributed by atoms with van der Waals surface area (Å²) in [5, 5.41) is 7.07. The number of rotatable bonds is 5. The molecule has 0 spiro atoms. The van der Waals surface area contributed by atoms with Crippen LogP contribution in [0.2, 0.25) is 10.0 Å². The number of halogens is 2. The summed E-state index contributed by atoms with van der Waals surface area (Å²) in [7, 11) is 0. The first-order valence-electron chi connectivity index (χ1n) is 7.00. The number of amides is 1. The van der Waals surface area contributed by atoms with Crippen LogP contribution in [0, 0.1) is 0 Å². The predicted molar refractivity (Wildman–Crippen MR) is 99.1 cm³/mol. The molecule has 122 valence electrons. The van der Waals surface area contributed by atoms with Gasteiger partial charge in [0.1, 0.15) is 0 Å². The number of ether oxygens (including phenoxy) is 1. The molecule has 0 aliphatic carbocycles. The van der Waals surface area contributed by atoms with Crippen LogP contribution < -0.4 is 15.0 Å². The van der Waals surface area contributed by atoms with E-state index in [0.717, 1.165) is 21.3 Å². The average Bonchev–Trinajstić information content (AvgIpc) is 2.51. The van der Waals surface area contributed by atoms with E-state index in [2.05, 4.69) is 10.6 Å². The van der Waals surface area contributed by atoms with Gasteiger partial charge >= 0.3 is 154 Å². The first-order valence-corrected chi connectivity index (χ1v) is 8.97. The van der Waals surface area contributed by atoms with Crippen LogP contribution in [0.15, 0.2) is 36.4 Å². The standard InChI is InChI=1S/C16H17AsCl2N2O2/c1-2-23-16(22)21-15-6-3-10(7-12(15)17)9-20-11-4-5-13(18)14(19)8-11/h3-8,20H,2,9,17H2,1H3,(H,21,22). The van der Waals surface area contributed by atoms with Crippen molar-refractivity contribution in [3.63, 3.8) is 0 Å². The zero-order valence-electron chi connectivity index (χ0n) is 12.5. The van der Waals surface area contributed by atoms with E-state index in [0.29, 0.717) is 23.2 Å². The monoisotopic (exact) mass is 414 g/mol. The van der Waals surface area contributed by atoms with Gasteiger partial charge in [-0.25, -0.2) is 0 Å². The van der Waals surface area contributed by atoms with Gasteiger partial charge in [0.15, 0.2) is 0 Å². The van der Waals surface area contributed by atoms with Crippen LogP contribution in [-0.2, 0) is 11.3 Å². The van der Waals surface area contributed by atoms with Gasteiger partial charge in [-0.1, -0.05) is 0 Å². The number of hydrogen-bond acceptors (Lipinski definition) is 3. The molecule has 0 aromatic heterocycles. The molecule has 1 amide bonds. The molecule has 0 radical (unpaired) electrons. The van der Waals surface area contributed by atoms with Gasteiger partial charge in [-0.15, -0.1) is 0 Å². The van der Waals surface area contributed by atoms with Crippen LogP contribution in [0.4, 0.5) is 16.2 Å². The predicted octanol–water partition coefficient (Wildman–Crippen LogP) is 3.43. The molecule has 0 bridgehead atoms. The quantitative estimate of drug-likeness (QED) is 0.736. The Kier molecular flexibility index (Phi) is 6.64. The Balaban J connectivity index is 1.99. The zero-order valence-corrected chi connectivity index (χ0v) is 16.5. The second kappa shape index (κ2) is 8.49.